The average Bonchev–Trinajstić information content (AvgIpc) is 2.22. The number of halogens is 2. The number of benzene rings is 1. The molecule has 2 rings (SSSR count). The third-order valence-corrected chi connectivity index (χ3v) is 2.22. The first-order valence-corrected chi connectivity index (χ1v) is 4.55. The number of aromatic amines is 1. The summed E-state index contributed by atoms with van der Waals surface area (Å²) in [4.78, 5) is 16.9. The van der Waals surface area contributed by atoms with Gasteiger partial charge in [-0.2, -0.15) is 0 Å². The molecule has 0 spiro atoms. The highest BCUT2D eigenvalue weighted by atomic mass is 35.5. The Hall–Kier alpha value is -1.68. The molecule has 0 saturated carbocycles. The van der Waals surface area contributed by atoms with Gasteiger partial charge in [-0.25, -0.2) is 14.2 Å². The molecular formula is C10H6ClFN2O. The summed E-state index contributed by atoms with van der Waals surface area (Å²) in [6, 6.07) is 5.51. The minimum Gasteiger partial charge on any atom is -0.305 e. The highest BCUT2D eigenvalue weighted by Crippen LogP contribution is 2.25. The molecule has 0 aliphatic carbocycles. The summed E-state index contributed by atoms with van der Waals surface area (Å²) in [5, 5.41) is 0.373. The summed E-state index contributed by atoms with van der Waals surface area (Å²) in [5.74, 6) is -0.410. The predicted octanol–water partition coefficient (Wildman–Crippen LogP) is 2.23. The van der Waals surface area contributed by atoms with E-state index in [1.165, 1.54) is 24.4 Å². The van der Waals surface area contributed by atoms with E-state index in [2.05, 4.69) is 9.97 Å². The van der Waals surface area contributed by atoms with Crippen LogP contribution in [0.4, 0.5) is 4.39 Å². The molecule has 5 heteroatoms. The van der Waals surface area contributed by atoms with Gasteiger partial charge in [0.25, 0.3) is 0 Å². The van der Waals surface area contributed by atoms with E-state index >= 15 is 0 Å². The lowest BCUT2D eigenvalue weighted by atomic mass is 10.1. The van der Waals surface area contributed by atoms with Crippen molar-refractivity contribution in [2.24, 2.45) is 0 Å². The van der Waals surface area contributed by atoms with Gasteiger partial charge >= 0.3 is 5.69 Å². The van der Waals surface area contributed by atoms with Gasteiger partial charge in [0.2, 0.25) is 0 Å². The maximum atomic E-state index is 13.0. The Labute approximate surface area is 89.6 Å². The lowest BCUT2D eigenvalue weighted by Crippen LogP contribution is -2.09. The van der Waals surface area contributed by atoms with Crippen LogP contribution in [0.25, 0.3) is 11.3 Å². The van der Waals surface area contributed by atoms with E-state index in [0.29, 0.717) is 16.3 Å². The van der Waals surface area contributed by atoms with Crippen LogP contribution in [-0.2, 0) is 0 Å². The first kappa shape index (κ1) is 9.86. The van der Waals surface area contributed by atoms with Crippen molar-refractivity contribution in [2.75, 3.05) is 0 Å². The minimum absolute atomic E-state index is 0.373. The average molecular weight is 225 g/mol. The van der Waals surface area contributed by atoms with E-state index in [9.17, 15) is 9.18 Å². The number of nitrogens with zero attached hydrogens (tertiary/aromatic N) is 1. The summed E-state index contributed by atoms with van der Waals surface area (Å²) >= 11 is 5.87. The number of hydrogen-bond acceptors (Lipinski definition) is 2. The zero-order valence-electron chi connectivity index (χ0n) is 7.50. The summed E-state index contributed by atoms with van der Waals surface area (Å²) in [5.41, 5.74) is 0.392. The fourth-order valence-corrected chi connectivity index (χ4v) is 1.45. The Morgan fingerprint density at radius 1 is 1.33 bits per heavy atom. The van der Waals surface area contributed by atoms with Crippen LogP contribution in [0.5, 0.6) is 0 Å². The van der Waals surface area contributed by atoms with Crippen molar-refractivity contribution in [3.05, 3.63) is 51.8 Å². The molecule has 0 saturated heterocycles. The fraction of sp³-hybridized carbons (Fsp3) is 0. The molecular weight excluding hydrogens is 219 g/mol. The van der Waals surface area contributed by atoms with Crippen LogP contribution in [0.1, 0.15) is 0 Å². The maximum Gasteiger partial charge on any atom is 0.345 e. The van der Waals surface area contributed by atoms with Crippen molar-refractivity contribution in [3.8, 4) is 11.3 Å². The van der Waals surface area contributed by atoms with Crippen molar-refractivity contribution < 1.29 is 4.39 Å². The molecule has 1 N–H and O–H groups in total. The van der Waals surface area contributed by atoms with Gasteiger partial charge in [-0.1, -0.05) is 11.6 Å². The summed E-state index contributed by atoms with van der Waals surface area (Å²) in [6.07, 6.45) is 1.34. The van der Waals surface area contributed by atoms with Crippen LogP contribution >= 0.6 is 11.6 Å². The molecule has 0 fully saturated rings. The molecule has 1 heterocycles. The molecule has 1 aromatic heterocycles. The second-order valence-electron chi connectivity index (χ2n) is 2.91. The van der Waals surface area contributed by atoms with E-state index in [1.54, 1.807) is 6.07 Å². The van der Waals surface area contributed by atoms with Crippen molar-refractivity contribution in [2.45, 2.75) is 0 Å². The largest absolute Gasteiger partial charge is 0.345 e. The highest BCUT2D eigenvalue weighted by Gasteiger charge is 2.05. The summed E-state index contributed by atoms with van der Waals surface area (Å²) in [6.45, 7) is 0. The van der Waals surface area contributed by atoms with Gasteiger partial charge < -0.3 is 4.98 Å². The Bertz CT molecular complexity index is 553. The molecule has 1 aromatic carbocycles. The normalized spacial score (nSPS) is 10.3. The van der Waals surface area contributed by atoms with Gasteiger partial charge in [0, 0.05) is 11.8 Å². The van der Waals surface area contributed by atoms with Gasteiger partial charge in [-0.15, -0.1) is 0 Å². The second kappa shape index (κ2) is 3.82. The van der Waals surface area contributed by atoms with Crippen LogP contribution in [0, 0.1) is 5.82 Å². The molecule has 0 unspecified atom stereocenters. The standard InChI is InChI=1S/C10H6ClFN2O/c11-8-2-1-6(12)5-7(8)9-3-4-13-10(15)14-9/h1-5H,(H,13,14,15). The fourth-order valence-electron chi connectivity index (χ4n) is 1.23. The summed E-state index contributed by atoms with van der Waals surface area (Å²) in [7, 11) is 0. The number of aromatic nitrogens is 2. The van der Waals surface area contributed by atoms with Gasteiger partial charge in [-0.05, 0) is 24.3 Å². The van der Waals surface area contributed by atoms with E-state index < -0.39 is 11.5 Å². The van der Waals surface area contributed by atoms with Gasteiger partial charge in [0.15, 0.2) is 0 Å². The van der Waals surface area contributed by atoms with Gasteiger partial charge in [0.05, 0.1) is 10.7 Å². The van der Waals surface area contributed by atoms with Crippen molar-refractivity contribution in [3.63, 3.8) is 0 Å². The third kappa shape index (κ3) is 2.05. The smallest absolute Gasteiger partial charge is 0.305 e. The Morgan fingerprint density at radius 3 is 2.87 bits per heavy atom. The summed E-state index contributed by atoms with van der Waals surface area (Å²) < 4.78 is 13.0. The van der Waals surface area contributed by atoms with E-state index in [-0.39, 0.29) is 0 Å². The molecule has 0 radical (unpaired) electrons. The van der Waals surface area contributed by atoms with Crippen LogP contribution in [0.3, 0.4) is 0 Å². The lowest BCUT2D eigenvalue weighted by molar-refractivity contribution is 0.628. The number of nitrogens with one attached hydrogen (secondary N) is 1. The monoisotopic (exact) mass is 224 g/mol. The van der Waals surface area contributed by atoms with Crippen LogP contribution < -0.4 is 5.69 Å². The number of rotatable bonds is 1. The van der Waals surface area contributed by atoms with Crippen LogP contribution in [-0.4, -0.2) is 9.97 Å². The van der Waals surface area contributed by atoms with E-state index in [4.69, 9.17) is 11.6 Å². The first-order valence-electron chi connectivity index (χ1n) is 4.17. The molecule has 0 aliphatic rings. The number of H-pyrrole nitrogens is 1. The van der Waals surface area contributed by atoms with Crippen molar-refractivity contribution in [1.29, 1.82) is 0 Å². The molecule has 76 valence electrons. The topological polar surface area (TPSA) is 45.8 Å². The molecule has 0 bridgehead atoms. The van der Waals surface area contributed by atoms with Crippen LogP contribution in [0.15, 0.2) is 35.3 Å². The Morgan fingerprint density at radius 2 is 2.13 bits per heavy atom. The molecule has 0 amide bonds. The van der Waals surface area contributed by atoms with Gasteiger partial charge in [0.1, 0.15) is 5.82 Å². The lowest BCUT2D eigenvalue weighted by Gasteiger charge is -2.03. The molecule has 0 atom stereocenters. The zero-order chi connectivity index (χ0) is 10.8. The number of hydrogen-bond donors (Lipinski definition) is 1. The Kier molecular flexibility index (Phi) is 2.51. The highest BCUT2D eigenvalue weighted by molar-refractivity contribution is 6.33. The van der Waals surface area contributed by atoms with E-state index in [0.717, 1.165) is 0 Å². The van der Waals surface area contributed by atoms with Gasteiger partial charge in [-0.3, -0.25) is 0 Å². The zero-order valence-corrected chi connectivity index (χ0v) is 8.25. The molecule has 2 aromatic rings. The SMILES string of the molecule is O=c1nccc(-c2cc(F)ccc2Cl)[nH]1. The predicted molar refractivity (Wildman–Crippen MR) is 55.3 cm³/mol. The first-order chi connectivity index (χ1) is 7.16. The molecule has 0 aliphatic heterocycles. The second-order valence-corrected chi connectivity index (χ2v) is 3.32. The Balaban J connectivity index is 2.63. The van der Waals surface area contributed by atoms with Crippen LogP contribution in [0.2, 0.25) is 5.02 Å². The maximum absolute atomic E-state index is 13.0. The van der Waals surface area contributed by atoms with E-state index in [1.807, 2.05) is 0 Å². The molecule has 3 nitrogen and oxygen atoms in total. The van der Waals surface area contributed by atoms with Crippen molar-refractivity contribution >= 4 is 11.6 Å². The quantitative estimate of drug-likeness (QED) is 0.808. The van der Waals surface area contributed by atoms with Crippen molar-refractivity contribution in [1.82, 2.24) is 9.97 Å². The third-order valence-electron chi connectivity index (χ3n) is 1.89. The molecule has 15 heavy (non-hydrogen) atoms. The minimum atomic E-state index is -0.493.